The van der Waals surface area contributed by atoms with Gasteiger partial charge in [0.1, 0.15) is 0 Å². The summed E-state index contributed by atoms with van der Waals surface area (Å²) in [5, 5.41) is 12.4. The summed E-state index contributed by atoms with van der Waals surface area (Å²) in [6.07, 6.45) is 3.55. The van der Waals surface area contributed by atoms with Gasteiger partial charge in [0.05, 0.1) is 19.1 Å². The highest BCUT2D eigenvalue weighted by Crippen LogP contribution is 2.42. The van der Waals surface area contributed by atoms with Crippen LogP contribution in [-0.4, -0.2) is 42.7 Å². The Bertz CT molecular complexity index is 314. The fraction of sp³-hybridized carbons (Fsp3) is 0.917. The van der Waals surface area contributed by atoms with Gasteiger partial charge in [0.2, 0.25) is 0 Å². The standard InChI is InChI=1S/C12H19NO4/c14-11(15)9-5-8-6-12(16-3-4-17-12)2-1-10(8)13-7-9/h8-10,13H,1-7H2,(H,14,15)/t8-,9-,10?/m1/s1. The molecule has 2 aliphatic heterocycles. The summed E-state index contributed by atoms with van der Waals surface area (Å²) in [4.78, 5) is 11.0. The fourth-order valence-corrected chi connectivity index (χ4v) is 3.46. The molecule has 3 rings (SSSR count). The molecule has 0 aromatic carbocycles. The van der Waals surface area contributed by atoms with Crippen molar-refractivity contribution in [3.8, 4) is 0 Å². The highest BCUT2D eigenvalue weighted by atomic mass is 16.7. The van der Waals surface area contributed by atoms with Crippen LogP contribution in [0.25, 0.3) is 0 Å². The van der Waals surface area contributed by atoms with Gasteiger partial charge < -0.3 is 19.9 Å². The highest BCUT2D eigenvalue weighted by molar-refractivity contribution is 5.70. The van der Waals surface area contributed by atoms with Crippen molar-refractivity contribution in [1.29, 1.82) is 0 Å². The minimum atomic E-state index is -0.691. The lowest BCUT2D eigenvalue weighted by molar-refractivity contribution is -0.195. The predicted octanol–water partition coefficient (Wildman–Crippen LogP) is 0.592. The molecule has 2 heterocycles. The third kappa shape index (κ3) is 2.07. The van der Waals surface area contributed by atoms with Crippen molar-refractivity contribution in [2.75, 3.05) is 19.8 Å². The van der Waals surface area contributed by atoms with Gasteiger partial charge in [-0.05, 0) is 18.8 Å². The van der Waals surface area contributed by atoms with Gasteiger partial charge in [-0.15, -0.1) is 0 Å². The van der Waals surface area contributed by atoms with Gasteiger partial charge in [0.25, 0.3) is 0 Å². The molecule has 1 unspecified atom stereocenters. The summed E-state index contributed by atoms with van der Waals surface area (Å²) >= 11 is 0. The molecule has 17 heavy (non-hydrogen) atoms. The van der Waals surface area contributed by atoms with Crippen LogP contribution in [0, 0.1) is 11.8 Å². The van der Waals surface area contributed by atoms with Crippen LogP contribution in [0.15, 0.2) is 0 Å². The quantitative estimate of drug-likeness (QED) is 0.703. The van der Waals surface area contributed by atoms with Crippen molar-refractivity contribution < 1.29 is 19.4 Å². The molecule has 3 fully saturated rings. The highest BCUT2D eigenvalue weighted by Gasteiger charge is 2.47. The molecule has 0 aromatic rings. The van der Waals surface area contributed by atoms with Crippen molar-refractivity contribution in [2.24, 2.45) is 11.8 Å². The first-order valence-electron chi connectivity index (χ1n) is 6.43. The third-order valence-electron chi connectivity index (χ3n) is 4.35. The van der Waals surface area contributed by atoms with Crippen LogP contribution in [0.5, 0.6) is 0 Å². The molecular weight excluding hydrogens is 222 g/mol. The van der Waals surface area contributed by atoms with Crippen LogP contribution in [-0.2, 0) is 14.3 Å². The lowest BCUT2D eigenvalue weighted by Crippen LogP contribution is -2.54. The molecular formula is C12H19NO4. The number of ether oxygens (including phenoxy) is 2. The van der Waals surface area contributed by atoms with Crippen LogP contribution in [0.1, 0.15) is 25.7 Å². The van der Waals surface area contributed by atoms with Gasteiger partial charge in [-0.2, -0.15) is 0 Å². The van der Waals surface area contributed by atoms with Crippen LogP contribution >= 0.6 is 0 Å². The molecule has 2 saturated heterocycles. The molecule has 0 bridgehead atoms. The summed E-state index contributed by atoms with van der Waals surface area (Å²) in [5.74, 6) is -0.975. The molecule has 0 amide bonds. The summed E-state index contributed by atoms with van der Waals surface area (Å²) in [5.41, 5.74) is 0. The Labute approximate surface area is 100 Å². The maximum absolute atomic E-state index is 11.0. The number of nitrogens with one attached hydrogen (secondary N) is 1. The zero-order valence-corrected chi connectivity index (χ0v) is 9.85. The number of fused-ring (bicyclic) bond motifs is 1. The van der Waals surface area contributed by atoms with E-state index in [1.807, 2.05) is 0 Å². The van der Waals surface area contributed by atoms with Gasteiger partial charge in [-0.1, -0.05) is 0 Å². The molecule has 1 saturated carbocycles. The zero-order valence-electron chi connectivity index (χ0n) is 9.85. The van der Waals surface area contributed by atoms with E-state index in [0.29, 0.717) is 31.7 Å². The molecule has 3 atom stereocenters. The Balaban J connectivity index is 1.68. The van der Waals surface area contributed by atoms with E-state index in [1.54, 1.807) is 0 Å². The third-order valence-corrected chi connectivity index (χ3v) is 4.35. The smallest absolute Gasteiger partial charge is 0.307 e. The zero-order chi connectivity index (χ0) is 11.9. The van der Waals surface area contributed by atoms with Crippen LogP contribution in [0.4, 0.5) is 0 Å². The maximum Gasteiger partial charge on any atom is 0.307 e. The number of piperidine rings is 1. The van der Waals surface area contributed by atoms with E-state index < -0.39 is 11.8 Å². The second kappa shape index (κ2) is 4.23. The van der Waals surface area contributed by atoms with Crippen molar-refractivity contribution in [3.05, 3.63) is 0 Å². The largest absolute Gasteiger partial charge is 0.481 e. The monoisotopic (exact) mass is 241 g/mol. The number of carboxylic acid groups (broad SMARTS) is 1. The Morgan fingerprint density at radius 1 is 1.35 bits per heavy atom. The Morgan fingerprint density at radius 2 is 2.12 bits per heavy atom. The fourth-order valence-electron chi connectivity index (χ4n) is 3.46. The Kier molecular flexibility index (Phi) is 2.84. The van der Waals surface area contributed by atoms with E-state index in [4.69, 9.17) is 14.6 Å². The van der Waals surface area contributed by atoms with Gasteiger partial charge in [0.15, 0.2) is 5.79 Å². The van der Waals surface area contributed by atoms with E-state index in [-0.39, 0.29) is 5.92 Å². The maximum atomic E-state index is 11.0. The normalized spacial score (nSPS) is 40.1. The molecule has 3 aliphatic rings. The average Bonchev–Trinajstić information content (AvgIpc) is 2.76. The van der Waals surface area contributed by atoms with Crippen molar-refractivity contribution >= 4 is 5.97 Å². The molecule has 1 aliphatic carbocycles. The lowest BCUT2D eigenvalue weighted by Gasteiger charge is -2.45. The second-order valence-corrected chi connectivity index (χ2v) is 5.40. The molecule has 5 nitrogen and oxygen atoms in total. The van der Waals surface area contributed by atoms with Crippen LogP contribution in [0.2, 0.25) is 0 Å². The van der Waals surface area contributed by atoms with E-state index in [1.165, 1.54) is 0 Å². The van der Waals surface area contributed by atoms with Crippen molar-refractivity contribution in [1.82, 2.24) is 5.32 Å². The Morgan fingerprint density at radius 3 is 2.82 bits per heavy atom. The van der Waals surface area contributed by atoms with E-state index in [9.17, 15) is 4.79 Å². The summed E-state index contributed by atoms with van der Waals surface area (Å²) in [7, 11) is 0. The van der Waals surface area contributed by atoms with Crippen molar-refractivity contribution in [3.63, 3.8) is 0 Å². The van der Waals surface area contributed by atoms with Gasteiger partial charge in [0, 0.05) is 25.4 Å². The molecule has 5 heteroatoms. The minimum absolute atomic E-state index is 0.257. The molecule has 2 N–H and O–H groups in total. The summed E-state index contributed by atoms with van der Waals surface area (Å²) < 4.78 is 11.5. The van der Waals surface area contributed by atoms with Gasteiger partial charge in [-0.3, -0.25) is 4.79 Å². The molecule has 1 spiro atoms. The number of carbonyl (C=O) groups is 1. The summed E-state index contributed by atoms with van der Waals surface area (Å²) in [6, 6.07) is 0.448. The predicted molar refractivity (Wildman–Crippen MR) is 59.5 cm³/mol. The number of hydrogen-bond donors (Lipinski definition) is 2. The van der Waals surface area contributed by atoms with Crippen LogP contribution in [0.3, 0.4) is 0 Å². The molecule has 0 radical (unpaired) electrons. The van der Waals surface area contributed by atoms with E-state index in [2.05, 4.69) is 5.32 Å². The second-order valence-electron chi connectivity index (χ2n) is 5.40. The number of hydrogen-bond acceptors (Lipinski definition) is 4. The molecule has 96 valence electrons. The number of rotatable bonds is 1. The average molecular weight is 241 g/mol. The Hall–Kier alpha value is -0.650. The van der Waals surface area contributed by atoms with Crippen molar-refractivity contribution in [2.45, 2.75) is 37.5 Å². The number of carboxylic acids is 1. The molecule has 0 aromatic heterocycles. The van der Waals surface area contributed by atoms with Crippen LogP contribution < -0.4 is 5.32 Å². The van der Waals surface area contributed by atoms with E-state index in [0.717, 1.165) is 25.7 Å². The SMILES string of the molecule is O=C(O)[C@H]1CNC2CCC3(C[C@H]2C1)OCCO3. The lowest BCUT2D eigenvalue weighted by atomic mass is 9.73. The first-order chi connectivity index (χ1) is 8.19. The van der Waals surface area contributed by atoms with E-state index >= 15 is 0 Å². The van der Waals surface area contributed by atoms with Gasteiger partial charge >= 0.3 is 5.97 Å². The minimum Gasteiger partial charge on any atom is -0.481 e. The number of aliphatic carboxylic acids is 1. The summed E-state index contributed by atoms with van der Waals surface area (Å²) in [6.45, 7) is 1.95. The van der Waals surface area contributed by atoms with Gasteiger partial charge in [-0.25, -0.2) is 0 Å². The topological polar surface area (TPSA) is 67.8 Å². The first-order valence-corrected chi connectivity index (χ1v) is 6.43. The first kappa shape index (κ1) is 11.4.